The molecule has 1 aliphatic rings. The summed E-state index contributed by atoms with van der Waals surface area (Å²) in [7, 11) is 0. The number of hydrogen-bond acceptors (Lipinski definition) is 2. The fourth-order valence-corrected chi connectivity index (χ4v) is 8.34. The molecule has 0 aliphatic heterocycles. The van der Waals surface area contributed by atoms with Crippen molar-refractivity contribution in [1.29, 1.82) is 0 Å². The topological polar surface area (TPSA) is 16.4 Å². The molecule has 2 nitrogen and oxygen atoms in total. The third kappa shape index (κ3) is 4.57. The van der Waals surface area contributed by atoms with Crippen molar-refractivity contribution < 1.29 is 4.42 Å². The third-order valence-corrected chi connectivity index (χ3v) is 10.9. The van der Waals surface area contributed by atoms with E-state index in [-0.39, 0.29) is 5.41 Å². The normalized spacial score (nSPS) is 13.1. The van der Waals surface area contributed by atoms with Crippen molar-refractivity contribution >= 4 is 49.8 Å². The molecular weight excluding hydrogens is 619 g/mol. The van der Waals surface area contributed by atoms with Crippen LogP contribution in [0.25, 0.3) is 66.1 Å². The van der Waals surface area contributed by atoms with Gasteiger partial charge in [-0.05, 0) is 80.0 Å². The van der Waals surface area contributed by atoms with Crippen LogP contribution >= 0.6 is 0 Å². The molecule has 51 heavy (non-hydrogen) atoms. The number of rotatable bonds is 5. The average Bonchev–Trinajstić information content (AvgIpc) is 3.69. The Morgan fingerprint density at radius 1 is 0.471 bits per heavy atom. The van der Waals surface area contributed by atoms with E-state index in [1.165, 1.54) is 55.3 Å². The van der Waals surface area contributed by atoms with Gasteiger partial charge in [0.15, 0.2) is 5.58 Å². The highest BCUT2D eigenvalue weighted by molar-refractivity contribution is 6.23. The number of benzene rings is 8. The summed E-state index contributed by atoms with van der Waals surface area (Å²) in [6, 6.07) is 63.5. The van der Waals surface area contributed by atoms with Crippen LogP contribution in [0.4, 0.5) is 17.1 Å². The van der Waals surface area contributed by atoms with Crippen LogP contribution in [0, 0.1) is 0 Å². The second-order valence-electron chi connectivity index (χ2n) is 14.1. The van der Waals surface area contributed by atoms with Crippen LogP contribution in [0.5, 0.6) is 0 Å². The third-order valence-electron chi connectivity index (χ3n) is 10.9. The van der Waals surface area contributed by atoms with E-state index in [4.69, 9.17) is 4.42 Å². The van der Waals surface area contributed by atoms with Crippen molar-refractivity contribution in [2.45, 2.75) is 19.3 Å². The van der Waals surface area contributed by atoms with E-state index in [0.717, 1.165) is 39.0 Å². The van der Waals surface area contributed by atoms with Crippen LogP contribution in [0.15, 0.2) is 180 Å². The predicted molar refractivity (Wildman–Crippen MR) is 214 cm³/mol. The minimum absolute atomic E-state index is 0.124. The maximum absolute atomic E-state index is 6.84. The molecule has 1 heterocycles. The molecule has 0 atom stereocenters. The molecule has 8 aromatic carbocycles. The lowest BCUT2D eigenvalue weighted by Gasteiger charge is -2.29. The van der Waals surface area contributed by atoms with Gasteiger partial charge in [0.2, 0.25) is 0 Å². The van der Waals surface area contributed by atoms with Crippen molar-refractivity contribution in [1.82, 2.24) is 0 Å². The van der Waals surface area contributed by atoms with E-state index in [2.05, 4.69) is 195 Å². The Labute approximate surface area is 297 Å². The van der Waals surface area contributed by atoms with Crippen LogP contribution in [-0.2, 0) is 5.41 Å². The summed E-state index contributed by atoms with van der Waals surface area (Å²) >= 11 is 0. The van der Waals surface area contributed by atoms with Crippen molar-refractivity contribution in [3.8, 4) is 33.4 Å². The molecule has 2 heteroatoms. The van der Waals surface area contributed by atoms with Gasteiger partial charge >= 0.3 is 0 Å². The van der Waals surface area contributed by atoms with Crippen LogP contribution < -0.4 is 4.90 Å². The molecular formula is C49H35NO. The van der Waals surface area contributed by atoms with Crippen LogP contribution in [0.2, 0.25) is 0 Å². The van der Waals surface area contributed by atoms with E-state index in [1.807, 2.05) is 0 Å². The summed E-state index contributed by atoms with van der Waals surface area (Å²) < 4.78 is 6.84. The fraction of sp³-hybridized carbons (Fsp3) is 0.0612. The first-order valence-electron chi connectivity index (χ1n) is 17.7. The van der Waals surface area contributed by atoms with E-state index >= 15 is 0 Å². The first-order valence-corrected chi connectivity index (χ1v) is 17.7. The lowest BCUT2D eigenvalue weighted by atomic mass is 9.82. The largest absolute Gasteiger partial charge is 0.454 e. The molecule has 0 unspecified atom stereocenters. The van der Waals surface area contributed by atoms with Gasteiger partial charge < -0.3 is 9.32 Å². The number of fused-ring (bicyclic) bond motifs is 8. The zero-order valence-electron chi connectivity index (χ0n) is 28.6. The van der Waals surface area contributed by atoms with Crippen LogP contribution in [-0.4, -0.2) is 0 Å². The Balaban J connectivity index is 1.20. The average molecular weight is 654 g/mol. The highest BCUT2D eigenvalue weighted by Gasteiger charge is 2.38. The Morgan fingerprint density at radius 3 is 1.82 bits per heavy atom. The van der Waals surface area contributed by atoms with E-state index in [9.17, 15) is 0 Å². The zero-order valence-corrected chi connectivity index (χ0v) is 28.6. The van der Waals surface area contributed by atoms with E-state index in [0.29, 0.717) is 0 Å². The van der Waals surface area contributed by atoms with Crippen molar-refractivity contribution in [3.05, 3.63) is 187 Å². The molecule has 0 fully saturated rings. The molecule has 0 N–H and O–H groups in total. The highest BCUT2D eigenvalue weighted by atomic mass is 16.3. The number of anilines is 3. The highest BCUT2D eigenvalue weighted by Crippen LogP contribution is 2.55. The van der Waals surface area contributed by atoms with E-state index in [1.54, 1.807) is 0 Å². The fourth-order valence-electron chi connectivity index (χ4n) is 8.34. The number of para-hydroxylation sites is 1. The first-order chi connectivity index (χ1) is 25.1. The second-order valence-corrected chi connectivity index (χ2v) is 14.1. The van der Waals surface area contributed by atoms with Crippen molar-refractivity contribution in [2.75, 3.05) is 4.90 Å². The number of hydrogen-bond donors (Lipinski definition) is 0. The van der Waals surface area contributed by atoms with Gasteiger partial charge in [0, 0.05) is 27.4 Å². The van der Waals surface area contributed by atoms with Gasteiger partial charge in [-0.2, -0.15) is 0 Å². The monoisotopic (exact) mass is 653 g/mol. The van der Waals surface area contributed by atoms with Gasteiger partial charge in [-0.15, -0.1) is 0 Å². The smallest absolute Gasteiger partial charge is 0.160 e. The minimum Gasteiger partial charge on any atom is -0.454 e. The van der Waals surface area contributed by atoms with Gasteiger partial charge in [-0.3, -0.25) is 0 Å². The quantitative estimate of drug-likeness (QED) is 0.184. The Hall–Kier alpha value is -6.38. The molecule has 0 saturated carbocycles. The van der Waals surface area contributed by atoms with Crippen LogP contribution in [0.1, 0.15) is 25.0 Å². The summed E-state index contributed by atoms with van der Waals surface area (Å²) in [6.45, 7) is 4.69. The summed E-state index contributed by atoms with van der Waals surface area (Å²) in [5.41, 5.74) is 15.0. The molecule has 1 aromatic heterocycles. The van der Waals surface area contributed by atoms with E-state index < -0.39 is 0 Å². The number of nitrogens with zero attached hydrogens (tertiary/aromatic N) is 1. The zero-order chi connectivity index (χ0) is 34.1. The number of furan rings is 1. The summed E-state index contributed by atoms with van der Waals surface area (Å²) in [5, 5.41) is 4.65. The van der Waals surface area contributed by atoms with Crippen LogP contribution in [0.3, 0.4) is 0 Å². The molecule has 9 aromatic rings. The molecule has 0 saturated heterocycles. The maximum Gasteiger partial charge on any atom is 0.160 e. The molecule has 1 aliphatic carbocycles. The first kappa shape index (κ1) is 29.5. The molecule has 0 spiro atoms. The van der Waals surface area contributed by atoms with Crippen molar-refractivity contribution in [3.63, 3.8) is 0 Å². The SMILES string of the molecule is CC1(C)c2ccccc2-c2c(N(c3ccc(-c4ccc(-c5ccccc5)cc4)cc3)c3cc4ccccc4c4c3oc3ccccc34)cccc21. The van der Waals surface area contributed by atoms with Gasteiger partial charge in [0.1, 0.15) is 5.58 Å². The Kier molecular flexibility index (Phi) is 6.56. The van der Waals surface area contributed by atoms with Gasteiger partial charge in [0.25, 0.3) is 0 Å². The molecule has 242 valence electrons. The minimum atomic E-state index is -0.124. The van der Waals surface area contributed by atoms with Gasteiger partial charge in [0.05, 0.1) is 11.4 Å². The maximum atomic E-state index is 6.84. The Bertz CT molecular complexity index is 2750. The second kappa shape index (κ2) is 11.3. The van der Waals surface area contributed by atoms with Gasteiger partial charge in [-0.25, -0.2) is 0 Å². The predicted octanol–water partition coefficient (Wildman–Crippen LogP) is 13.8. The molecule has 10 rings (SSSR count). The lowest BCUT2D eigenvalue weighted by Crippen LogP contribution is -2.16. The lowest BCUT2D eigenvalue weighted by molar-refractivity contribution is 0.660. The summed E-state index contributed by atoms with van der Waals surface area (Å²) in [5.74, 6) is 0. The molecule has 0 bridgehead atoms. The molecule has 0 amide bonds. The standard InChI is InChI=1S/C49H35NO/c1-49(2)41-19-10-8-17-39(41)47-42(49)20-12-21-43(47)50(37-29-27-35(28-30-37)34-25-23-33(24-26-34)32-13-4-3-5-14-32)44-31-36-15-6-7-16-38(36)46-40-18-9-11-22-45(40)51-48(44)46/h3-31H,1-2H3. The summed E-state index contributed by atoms with van der Waals surface area (Å²) in [4.78, 5) is 2.43. The van der Waals surface area contributed by atoms with Gasteiger partial charge in [-0.1, -0.05) is 159 Å². The Morgan fingerprint density at radius 2 is 1.06 bits per heavy atom. The molecule has 0 radical (unpaired) electrons. The summed E-state index contributed by atoms with van der Waals surface area (Å²) in [6.07, 6.45) is 0. The van der Waals surface area contributed by atoms with Crippen molar-refractivity contribution in [2.24, 2.45) is 0 Å².